The number of aromatic nitrogens is 2. The minimum atomic E-state index is -1.83. The molecule has 33 heteroatoms. The van der Waals surface area contributed by atoms with Gasteiger partial charge in [-0.15, -0.1) is 0 Å². The van der Waals surface area contributed by atoms with E-state index in [0.717, 1.165) is 6.92 Å². The summed E-state index contributed by atoms with van der Waals surface area (Å²) >= 11 is 0. The number of nitrogens with zero attached hydrogens (tertiary/aromatic N) is 3. The summed E-state index contributed by atoms with van der Waals surface area (Å²) in [4.78, 5) is 160. The van der Waals surface area contributed by atoms with Crippen molar-refractivity contribution in [2.75, 3.05) is 19.7 Å². The van der Waals surface area contributed by atoms with Crippen LogP contribution in [-0.4, -0.2) is 188 Å². The maximum absolute atomic E-state index is 14.3. The lowest BCUT2D eigenvalue weighted by Gasteiger charge is -2.30. The molecule has 0 aromatic carbocycles. The molecule has 0 fully saturated rings. The number of aliphatic hydroxyl groups is 2. The van der Waals surface area contributed by atoms with Gasteiger partial charge in [0.05, 0.1) is 25.1 Å². The van der Waals surface area contributed by atoms with Gasteiger partial charge in [-0.25, -0.2) is 9.78 Å². The number of rotatable bonds is 39. The number of aliphatic carboxylic acids is 2. The van der Waals surface area contributed by atoms with Crippen molar-refractivity contribution in [3.8, 4) is 0 Å². The molecular formula is C47H82N18O15. The Bertz CT molecular complexity index is 2290. The summed E-state index contributed by atoms with van der Waals surface area (Å²) in [5.41, 5.74) is 33.3. The van der Waals surface area contributed by atoms with Gasteiger partial charge in [0.15, 0.2) is 11.9 Å². The largest absolute Gasteiger partial charge is 0.481 e. The third-order valence-electron chi connectivity index (χ3n) is 12.1. The van der Waals surface area contributed by atoms with Crippen LogP contribution in [0.5, 0.6) is 0 Å². The van der Waals surface area contributed by atoms with Gasteiger partial charge in [0.25, 0.3) is 0 Å². The van der Waals surface area contributed by atoms with E-state index in [2.05, 4.69) is 62.5 Å². The molecule has 1 rings (SSSR count). The highest BCUT2D eigenvalue weighted by Crippen LogP contribution is 2.14. The Hall–Kier alpha value is -8.20. The van der Waals surface area contributed by atoms with E-state index in [1.54, 1.807) is 27.7 Å². The Morgan fingerprint density at radius 1 is 0.588 bits per heavy atom. The SMILES string of the molecule is CC[C@H](C)[C@H](NC(=O)[C@H](Cc1cnc[nH]1)NC(=O)[C@@H](N)CCC(N)=O)C(=O)N[C@@H](CCCN=C(N)N)C(=O)N[C@@H](CCC(=O)O)C(=O)N[C@@H](CC(C)C)C(=O)N[C@H](C(=O)N[C@@H](CCCN=C(N)N)C(=O)N[C@@H](CO)C(=O)O)[C@@H](C)O. The molecule has 1 aromatic rings. The first-order chi connectivity index (χ1) is 37.5. The highest BCUT2D eigenvalue weighted by atomic mass is 16.4. The average Bonchev–Trinajstić information content (AvgIpc) is 3.90. The van der Waals surface area contributed by atoms with Crippen molar-refractivity contribution < 1.29 is 73.2 Å². The number of nitrogens with two attached hydrogens (primary N) is 6. The van der Waals surface area contributed by atoms with E-state index in [-0.39, 0.29) is 82.3 Å². The molecule has 1 aromatic heterocycles. The van der Waals surface area contributed by atoms with E-state index in [4.69, 9.17) is 34.4 Å². The maximum atomic E-state index is 14.3. The molecule has 0 radical (unpaired) electrons. The highest BCUT2D eigenvalue weighted by Gasteiger charge is 2.37. The smallest absolute Gasteiger partial charge is 0.328 e. The Morgan fingerprint density at radius 2 is 1.04 bits per heavy atom. The number of carbonyl (C=O) groups excluding carboxylic acids is 9. The second-order valence-electron chi connectivity index (χ2n) is 19.3. The standard InChI is InChI=1S/C47H82N18O15/c1-6-23(4)35(64-42(76)31(18-25-19-54-21-57-25)61-37(71)26(48)11-13-33(49)68)43(77)59-27(9-7-15-55-46(50)51)38(72)58-29(12-14-34(69)70)40(74)62-30(17-22(2)3)41(75)65-36(24(5)67)44(78)60-28(10-8-16-56-47(52)53)39(73)63-32(20-66)45(79)80/h19,21-24,26-32,35-36,66-67H,6-18,20,48H2,1-5H3,(H2,49,68)(H,54,57)(H,58,72)(H,59,77)(H,60,78)(H,61,71)(H,62,74)(H,63,73)(H,64,76)(H,65,75)(H,69,70)(H,79,80)(H4,50,51,55)(H4,52,53,56)/t23-,24+,26-,27-,28-,29-,30-,31-,32-,35-,36-/m0/s1. The number of aliphatic hydroxyl groups excluding tert-OH is 2. The molecule has 0 aliphatic heterocycles. The number of nitrogens with one attached hydrogen (secondary N) is 9. The fraction of sp³-hybridized carbons (Fsp3) is 0.660. The van der Waals surface area contributed by atoms with E-state index in [9.17, 15) is 73.2 Å². The van der Waals surface area contributed by atoms with Gasteiger partial charge < -0.3 is 102 Å². The minimum absolute atomic E-state index is 0.0310. The molecule has 0 bridgehead atoms. The van der Waals surface area contributed by atoms with Crippen LogP contribution in [0.25, 0.3) is 0 Å². The number of aliphatic imine (C=N–C) groups is 2. The maximum Gasteiger partial charge on any atom is 0.328 e. The zero-order valence-corrected chi connectivity index (χ0v) is 45.6. The molecule has 33 nitrogen and oxygen atoms in total. The molecule has 450 valence electrons. The molecule has 0 aliphatic rings. The van der Waals surface area contributed by atoms with Crippen LogP contribution in [0.15, 0.2) is 22.5 Å². The fourth-order valence-electron chi connectivity index (χ4n) is 7.46. The number of primary amides is 1. The Labute approximate surface area is 461 Å². The van der Waals surface area contributed by atoms with Gasteiger partial charge in [-0.3, -0.25) is 57.9 Å². The van der Waals surface area contributed by atoms with Gasteiger partial charge in [0, 0.05) is 44.2 Å². The zero-order chi connectivity index (χ0) is 60.8. The van der Waals surface area contributed by atoms with Crippen molar-refractivity contribution in [2.24, 2.45) is 56.2 Å². The predicted octanol–water partition coefficient (Wildman–Crippen LogP) is -7.05. The zero-order valence-electron chi connectivity index (χ0n) is 45.6. The number of hydrogen-bond acceptors (Lipinski definition) is 17. The summed E-state index contributed by atoms with van der Waals surface area (Å²) in [5.74, 6) is -13.2. The Kier molecular flexibility index (Phi) is 31.5. The monoisotopic (exact) mass is 1140 g/mol. The van der Waals surface area contributed by atoms with Crippen molar-refractivity contribution in [1.82, 2.24) is 52.5 Å². The fourth-order valence-corrected chi connectivity index (χ4v) is 7.46. The lowest BCUT2D eigenvalue weighted by Crippen LogP contribution is -2.62. The molecule has 1 heterocycles. The number of guanidine groups is 2. The summed E-state index contributed by atoms with van der Waals surface area (Å²) in [5, 5.41) is 58.7. The van der Waals surface area contributed by atoms with Gasteiger partial charge in [-0.05, 0) is 63.7 Å². The summed E-state index contributed by atoms with van der Waals surface area (Å²) in [7, 11) is 0. The number of carboxylic acids is 2. The first-order valence-corrected chi connectivity index (χ1v) is 25.8. The first-order valence-electron chi connectivity index (χ1n) is 25.8. The van der Waals surface area contributed by atoms with Crippen molar-refractivity contribution in [2.45, 2.75) is 166 Å². The van der Waals surface area contributed by atoms with Crippen LogP contribution in [0.1, 0.15) is 105 Å². The summed E-state index contributed by atoms with van der Waals surface area (Å²) in [6.45, 7) is 6.71. The van der Waals surface area contributed by atoms with Crippen LogP contribution >= 0.6 is 0 Å². The molecule has 0 saturated heterocycles. The van der Waals surface area contributed by atoms with Gasteiger partial charge in [-0.2, -0.15) is 0 Å². The van der Waals surface area contributed by atoms with Crippen molar-refractivity contribution in [1.29, 1.82) is 0 Å². The van der Waals surface area contributed by atoms with Gasteiger partial charge >= 0.3 is 11.9 Å². The molecule has 0 unspecified atom stereocenters. The topological polar surface area (TPSA) is 574 Å². The number of amides is 9. The Morgan fingerprint density at radius 3 is 1.48 bits per heavy atom. The molecule has 80 heavy (non-hydrogen) atoms. The molecule has 0 saturated carbocycles. The predicted molar refractivity (Wildman–Crippen MR) is 286 cm³/mol. The van der Waals surface area contributed by atoms with E-state index in [1.807, 2.05) is 0 Å². The van der Waals surface area contributed by atoms with Gasteiger partial charge in [0.1, 0.15) is 48.3 Å². The van der Waals surface area contributed by atoms with Crippen molar-refractivity contribution in [3.05, 3.63) is 18.2 Å². The Balaban J connectivity index is 3.60. The van der Waals surface area contributed by atoms with Crippen molar-refractivity contribution in [3.63, 3.8) is 0 Å². The number of aromatic amines is 1. The van der Waals surface area contributed by atoms with Gasteiger partial charge in [-0.1, -0.05) is 34.1 Å². The van der Waals surface area contributed by atoms with Crippen molar-refractivity contribution >= 4 is 77.0 Å². The minimum Gasteiger partial charge on any atom is -0.481 e. The number of carbonyl (C=O) groups is 11. The van der Waals surface area contributed by atoms with Crippen LogP contribution < -0.4 is 76.9 Å². The van der Waals surface area contributed by atoms with Crippen LogP contribution in [0.4, 0.5) is 0 Å². The number of carboxylic acid groups (broad SMARTS) is 2. The highest BCUT2D eigenvalue weighted by molar-refractivity contribution is 5.98. The molecule has 25 N–H and O–H groups in total. The summed E-state index contributed by atoms with van der Waals surface area (Å²) in [6, 6.07) is -13.9. The van der Waals surface area contributed by atoms with Gasteiger partial charge in [0.2, 0.25) is 53.2 Å². The molecular weight excluding hydrogens is 1060 g/mol. The van der Waals surface area contributed by atoms with E-state index in [1.165, 1.54) is 12.5 Å². The molecule has 9 amide bonds. The van der Waals surface area contributed by atoms with E-state index >= 15 is 0 Å². The quantitative estimate of drug-likeness (QED) is 0.0165. The van der Waals surface area contributed by atoms with E-state index < -0.39 is 151 Å². The third kappa shape index (κ3) is 26.9. The third-order valence-corrected chi connectivity index (χ3v) is 12.1. The van der Waals surface area contributed by atoms with Crippen LogP contribution in [0.2, 0.25) is 0 Å². The summed E-state index contributed by atoms with van der Waals surface area (Å²) in [6.07, 6.45) is -0.875. The lowest BCUT2D eigenvalue weighted by atomic mass is 9.96. The second-order valence-corrected chi connectivity index (χ2v) is 19.3. The number of hydrogen-bond donors (Lipinski definition) is 19. The van der Waals surface area contributed by atoms with Crippen LogP contribution in [0, 0.1) is 11.8 Å². The second kappa shape index (κ2) is 36.1. The van der Waals surface area contributed by atoms with E-state index in [0.29, 0.717) is 12.1 Å². The normalized spacial score (nSPS) is 15.2. The lowest BCUT2D eigenvalue weighted by molar-refractivity contribution is -0.143. The van der Waals surface area contributed by atoms with Crippen LogP contribution in [0.3, 0.4) is 0 Å². The molecule has 11 atom stereocenters. The van der Waals surface area contributed by atoms with Crippen LogP contribution in [-0.2, 0) is 59.2 Å². The summed E-state index contributed by atoms with van der Waals surface area (Å²) < 4.78 is 0. The molecule has 0 spiro atoms. The average molecular weight is 1140 g/mol. The number of imidazole rings is 1. The first kappa shape index (κ1) is 69.8. The molecule has 0 aliphatic carbocycles. The number of H-pyrrole nitrogens is 1.